The van der Waals surface area contributed by atoms with Gasteiger partial charge >= 0.3 is 6.18 Å². The summed E-state index contributed by atoms with van der Waals surface area (Å²) in [7, 11) is 0. The Labute approximate surface area is 136 Å². The van der Waals surface area contributed by atoms with Crippen LogP contribution >= 0.6 is 0 Å². The van der Waals surface area contributed by atoms with Gasteiger partial charge in [-0.25, -0.2) is 4.98 Å². The molecular formula is C17H18F3N3O. The summed E-state index contributed by atoms with van der Waals surface area (Å²) in [5, 5.41) is 2.80. The van der Waals surface area contributed by atoms with Gasteiger partial charge in [0.15, 0.2) is 0 Å². The van der Waals surface area contributed by atoms with E-state index in [2.05, 4.69) is 15.3 Å². The molecule has 1 amide bonds. The number of aromatic amines is 1. The molecule has 4 nitrogen and oxygen atoms in total. The number of amides is 1. The summed E-state index contributed by atoms with van der Waals surface area (Å²) in [5.74, 6) is 0.821. The summed E-state index contributed by atoms with van der Waals surface area (Å²) in [5.41, 5.74) is 0.988. The predicted molar refractivity (Wildman–Crippen MR) is 83.3 cm³/mol. The highest BCUT2D eigenvalue weighted by atomic mass is 19.4. The van der Waals surface area contributed by atoms with Gasteiger partial charge in [-0.15, -0.1) is 0 Å². The quantitative estimate of drug-likeness (QED) is 0.875. The van der Waals surface area contributed by atoms with Crippen LogP contribution in [0.2, 0.25) is 0 Å². The molecule has 128 valence electrons. The van der Waals surface area contributed by atoms with E-state index in [-0.39, 0.29) is 16.9 Å². The number of anilines is 1. The van der Waals surface area contributed by atoms with E-state index in [0.717, 1.165) is 12.3 Å². The van der Waals surface area contributed by atoms with Crippen molar-refractivity contribution < 1.29 is 18.0 Å². The van der Waals surface area contributed by atoms with Gasteiger partial charge in [-0.05, 0) is 55.2 Å². The number of aromatic nitrogens is 2. The minimum absolute atomic E-state index is 0.0672. The van der Waals surface area contributed by atoms with Gasteiger partial charge in [-0.2, -0.15) is 13.2 Å². The van der Waals surface area contributed by atoms with Gasteiger partial charge in [-0.1, -0.05) is 6.42 Å². The van der Waals surface area contributed by atoms with Crippen LogP contribution < -0.4 is 5.32 Å². The Bertz CT molecular complexity index is 783. The first-order valence-corrected chi connectivity index (χ1v) is 8.25. The SMILES string of the molecule is O=C(C[C@@H]1C[C@@H]2CC[C@@H]1C2)Nc1ccc2nc(C(F)(F)F)[nH]c2c1. The van der Waals surface area contributed by atoms with Crippen molar-refractivity contribution in [3.8, 4) is 0 Å². The standard InChI is InChI=1S/C17H18F3N3O/c18-17(19,20)16-22-13-4-3-12(8-14(13)23-16)21-15(24)7-11-6-9-1-2-10(11)5-9/h3-4,8-11H,1-2,5-7H2,(H,21,24)(H,22,23)/t9-,10-,11+/m1/s1. The zero-order valence-electron chi connectivity index (χ0n) is 13.0. The summed E-state index contributed by atoms with van der Waals surface area (Å²) in [6.07, 6.45) is 0.884. The Morgan fingerprint density at radius 1 is 1.29 bits per heavy atom. The van der Waals surface area contributed by atoms with Crippen LogP contribution in [-0.2, 0) is 11.0 Å². The molecule has 2 saturated carbocycles. The average Bonchev–Trinajstić information content (AvgIpc) is 3.19. The molecule has 0 spiro atoms. The molecule has 24 heavy (non-hydrogen) atoms. The van der Waals surface area contributed by atoms with Crippen molar-refractivity contribution in [1.29, 1.82) is 0 Å². The average molecular weight is 337 g/mol. The lowest BCUT2D eigenvalue weighted by Gasteiger charge is -2.20. The van der Waals surface area contributed by atoms with E-state index in [9.17, 15) is 18.0 Å². The van der Waals surface area contributed by atoms with E-state index in [4.69, 9.17) is 0 Å². The molecule has 2 fully saturated rings. The van der Waals surface area contributed by atoms with E-state index in [1.54, 1.807) is 6.07 Å². The first-order chi connectivity index (χ1) is 11.4. The molecule has 0 unspecified atom stereocenters. The van der Waals surface area contributed by atoms with Crippen molar-refractivity contribution in [2.24, 2.45) is 17.8 Å². The number of halogens is 3. The molecule has 0 aliphatic heterocycles. The monoisotopic (exact) mass is 337 g/mol. The number of fused-ring (bicyclic) bond motifs is 3. The molecule has 4 rings (SSSR count). The largest absolute Gasteiger partial charge is 0.449 e. The van der Waals surface area contributed by atoms with Gasteiger partial charge in [0.25, 0.3) is 0 Å². The smallest absolute Gasteiger partial charge is 0.334 e. The van der Waals surface area contributed by atoms with Gasteiger partial charge in [0.2, 0.25) is 11.7 Å². The maximum absolute atomic E-state index is 12.7. The van der Waals surface area contributed by atoms with Crippen LogP contribution in [0.15, 0.2) is 18.2 Å². The van der Waals surface area contributed by atoms with Crippen molar-refractivity contribution in [2.75, 3.05) is 5.32 Å². The number of carbonyl (C=O) groups excluding carboxylic acids is 1. The number of rotatable bonds is 3. The first kappa shape index (κ1) is 15.5. The third-order valence-electron chi connectivity index (χ3n) is 5.37. The topological polar surface area (TPSA) is 57.8 Å². The number of hydrogen-bond acceptors (Lipinski definition) is 2. The number of benzene rings is 1. The van der Waals surface area contributed by atoms with Gasteiger partial charge in [0, 0.05) is 12.1 Å². The molecule has 2 bridgehead atoms. The van der Waals surface area contributed by atoms with E-state index >= 15 is 0 Å². The van der Waals surface area contributed by atoms with Gasteiger partial charge in [-0.3, -0.25) is 4.79 Å². The Balaban J connectivity index is 1.45. The highest BCUT2D eigenvalue weighted by Gasteiger charge is 2.40. The maximum Gasteiger partial charge on any atom is 0.449 e. The summed E-state index contributed by atoms with van der Waals surface area (Å²) in [4.78, 5) is 18.0. The van der Waals surface area contributed by atoms with E-state index in [0.29, 0.717) is 23.9 Å². The lowest BCUT2D eigenvalue weighted by Crippen LogP contribution is -2.20. The van der Waals surface area contributed by atoms with Crippen molar-refractivity contribution in [3.05, 3.63) is 24.0 Å². The van der Waals surface area contributed by atoms with Crippen LogP contribution in [-0.4, -0.2) is 15.9 Å². The van der Waals surface area contributed by atoms with Crippen molar-refractivity contribution in [3.63, 3.8) is 0 Å². The number of H-pyrrole nitrogens is 1. The van der Waals surface area contributed by atoms with Gasteiger partial charge in [0.1, 0.15) is 0 Å². The Kier molecular flexibility index (Phi) is 3.54. The van der Waals surface area contributed by atoms with Crippen LogP contribution in [0.25, 0.3) is 11.0 Å². The van der Waals surface area contributed by atoms with Crippen LogP contribution in [0, 0.1) is 17.8 Å². The number of nitrogens with one attached hydrogen (secondary N) is 2. The molecule has 7 heteroatoms. The molecule has 1 aromatic carbocycles. The number of alkyl halides is 3. The minimum Gasteiger partial charge on any atom is -0.334 e. The zero-order valence-corrected chi connectivity index (χ0v) is 13.0. The highest BCUT2D eigenvalue weighted by molar-refractivity contribution is 5.93. The fourth-order valence-electron chi connectivity index (χ4n) is 4.30. The summed E-state index contributed by atoms with van der Waals surface area (Å²) in [6, 6.07) is 4.56. The molecule has 3 atom stereocenters. The van der Waals surface area contributed by atoms with Crippen LogP contribution in [0.1, 0.15) is 37.9 Å². The highest BCUT2D eigenvalue weighted by Crippen LogP contribution is 2.49. The normalized spacial score (nSPS) is 26.2. The zero-order chi connectivity index (χ0) is 16.9. The second-order valence-corrected chi connectivity index (χ2v) is 7.00. The van der Waals surface area contributed by atoms with E-state index in [1.165, 1.54) is 31.4 Å². The molecule has 1 heterocycles. The van der Waals surface area contributed by atoms with Crippen LogP contribution in [0.4, 0.5) is 18.9 Å². The Morgan fingerprint density at radius 2 is 2.12 bits per heavy atom. The minimum atomic E-state index is -4.51. The molecule has 2 aliphatic rings. The molecule has 0 saturated heterocycles. The fourth-order valence-corrected chi connectivity index (χ4v) is 4.30. The number of imidazole rings is 1. The van der Waals surface area contributed by atoms with Crippen molar-refractivity contribution in [1.82, 2.24) is 9.97 Å². The maximum atomic E-state index is 12.7. The summed E-state index contributed by atoms with van der Waals surface area (Å²) < 4.78 is 38.0. The third kappa shape index (κ3) is 2.87. The van der Waals surface area contributed by atoms with E-state index in [1.807, 2.05) is 0 Å². The fraction of sp³-hybridized carbons (Fsp3) is 0.529. The Hall–Kier alpha value is -2.05. The van der Waals surface area contributed by atoms with Crippen LogP contribution in [0.3, 0.4) is 0 Å². The Morgan fingerprint density at radius 3 is 2.79 bits per heavy atom. The summed E-state index contributed by atoms with van der Waals surface area (Å²) in [6.45, 7) is 0. The molecule has 2 aliphatic carbocycles. The number of hydrogen-bond donors (Lipinski definition) is 2. The molecule has 1 aromatic heterocycles. The second-order valence-electron chi connectivity index (χ2n) is 7.00. The first-order valence-electron chi connectivity index (χ1n) is 8.25. The molecule has 2 N–H and O–H groups in total. The number of carbonyl (C=O) groups is 1. The second kappa shape index (κ2) is 5.50. The van der Waals surface area contributed by atoms with Crippen molar-refractivity contribution >= 4 is 22.6 Å². The van der Waals surface area contributed by atoms with Crippen molar-refractivity contribution in [2.45, 2.75) is 38.3 Å². The lowest BCUT2D eigenvalue weighted by atomic mass is 9.86. The van der Waals surface area contributed by atoms with Crippen LogP contribution in [0.5, 0.6) is 0 Å². The lowest BCUT2D eigenvalue weighted by molar-refractivity contribution is -0.144. The van der Waals surface area contributed by atoms with Gasteiger partial charge < -0.3 is 10.3 Å². The summed E-state index contributed by atoms with van der Waals surface area (Å²) >= 11 is 0. The third-order valence-corrected chi connectivity index (χ3v) is 5.37. The molecular weight excluding hydrogens is 319 g/mol. The number of nitrogens with zero attached hydrogens (tertiary/aromatic N) is 1. The molecule has 2 aromatic rings. The van der Waals surface area contributed by atoms with E-state index < -0.39 is 12.0 Å². The predicted octanol–water partition coefficient (Wildman–Crippen LogP) is 4.35. The molecule has 0 radical (unpaired) electrons. The van der Waals surface area contributed by atoms with Gasteiger partial charge in [0.05, 0.1) is 11.0 Å².